The number of aldehydes is 1. The number of rotatable bonds is 3. The second kappa shape index (κ2) is 4.46. The molecule has 1 rings (SSSR count). The SMILES string of the molecule is Cc1nc(C=O)cc(C(F)F)c1CCl. The van der Waals surface area contributed by atoms with E-state index >= 15 is 0 Å². The maximum atomic E-state index is 12.5. The average molecular weight is 220 g/mol. The van der Waals surface area contributed by atoms with E-state index in [9.17, 15) is 13.6 Å². The second-order valence-corrected chi connectivity index (χ2v) is 3.02. The van der Waals surface area contributed by atoms with Crippen molar-refractivity contribution in [3.05, 3.63) is 28.6 Å². The molecule has 1 aromatic rings. The molecule has 0 saturated heterocycles. The van der Waals surface area contributed by atoms with Crippen molar-refractivity contribution in [2.45, 2.75) is 19.2 Å². The minimum atomic E-state index is -2.64. The summed E-state index contributed by atoms with van der Waals surface area (Å²) in [5.41, 5.74) is 0.466. The zero-order valence-corrected chi connectivity index (χ0v) is 8.18. The number of hydrogen-bond acceptors (Lipinski definition) is 2. The van der Waals surface area contributed by atoms with Crippen LogP contribution in [0.4, 0.5) is 8.78 Å². The molecule has 0 radical (unpaired) electrons. The van der Waals surface area contributed by atoms with Gasteiger partial charge in [-0.1, -0.05) is 0 Å². The lowest BCUT2D eigenvalue weighted by Crippen LogP contribution is -2.02. The molecule has 1 aromatic heterocycles. The van der Waals surface area contributed by atoms with E-state index in [-0.39, 0.29) is 17.1 Å². The van der Waals surface area contributed by atoms with Crippen LogP contribution >= 0.6 is 11.6 Å². The lowest BCUT2D eigenvalue weighted by atomic mass is 10.1. The summed E-state index contributed by atoms with van der Waals surface area (Å²) in [5.74, 6) is -0.0301. The van der Waals surface area contributed by atoms with Crippen molar-refractivity contribution in [1.29, 1.82) is 0 Å². The lowest BCUT2D eigenvalue weighted by molar-refractivity contribution is 0.111. The summed E-state index contributed by atoms with van der Waals surface area (Å²) in [5, 5.41) is 0. The van der Waals surface area contributed by atoms with Gasteiger partial charge in [0, 0.05) is 17.1 Å². The van der Waals surface area contributed by atoms with Crippen molar-refractivity contribution in [2.75, 3.05) is 0 Å². The van der Waals surface area contributed by atoms with E-state index in [1.54, 1.807) is 6.92 Å². The Balaban J connectivity index is 3.35. The van der Waals surface area contributed by atoms with Gasteiger partial charge in [-0.05, 0) is 18.6 Å². The first-order valence-corrected chi connectivity index (χ1v) is 4.43. The zero-order chi connectivity index (χ0) is 10.7. The van der Waals surface area contributed by atoms with Gasteiger partial charge in [0.15, 0.2) is 6.29 Å². The molecular formula is C9H8ClF2NO. The molecule has 0 aliphatic carbocycles. The third-order valence-corrected chi connectivity index (χ3v) is 2.14. The molecule has 0 aliphatic heterocycles. The molecule has 0 bridgehead atoms. The Morgan fingerprint density at radius 3 is 2.71 bits per heavy atom. The van der Waals surface area contributed by atoms with E-state index in [0.717, 1.165) is 6.07 Å². The fraction of sp³-hybridized carbons (Fsp3) is 0.333. The van der Waals surface area contributed by atoms with Crippen LogP contribution in [0.5, 0.6) is 0 Å². The smallest absolute Gasteiger partial charge is 0.264 e. The fourth-order valence-electron chi connectivity index (χ4n) is 1.18. The molecule has 14 heavy (non-hydrogen) atoms. The minimum absolute atomic E-state index is 0.00617. The standard InChI is InChI=1S/C9H8ClF2NO/c1-5-8(3-10)7(9(11)12)2-6(4-14)13-5/h2,4,9H,3H2,1H3. The predicted octanol–water partition coefficient (Wildman–Crippen LogP) is 2.88. The Bertz CT molecular complexity index is 355. The Kier molecular flexibility index (Phi) is 3.52. The van der Waals surface area contributed by atoms with Crippen molar-refractivity contribution in [3.8, 4) is 0 Å². The molecule has 0 atom stereocenters. The number of aryl methyl sites for hydroxylation is 1. The molecule has 0 N–H and O–H groups in total. The highest BCUT2D eigenvalue weighted by atomic mass is 35.5. The summed E-state index contributed by atoms with van der Waals surface area (Å²) >= 11 is 5.52. The first-order chi connectivity index (χ1) is 6.60. The molecule has 0 spiro atoms. The number of hydrogen-bond donors (Lipinski definition) is 0. The molecule has 0 aliphatic rings. The van der Waals surface area contributed by atoms with E-state index in [2.05, 4.69) is 4.98 Å². The Hall–Kier alpha value is -1.03. The van der Waals surface area contributed by atoms with Crippen LogP contribution in [0, 0.1) is 6.92 Å². The highest BCUT2D eigenvalue weighted by Gasteiger charge is 2.16. The number of pyridine rings is 1. The van der Waals surface area contributed by atoms with Crippen LogP contribution in [0.15, 0.2) is 6.07 Å². The van der Waals surface area contributed by atoms with Gasteiger partial charge < -0.3 is 0 Å². The molecule has 76 valence electrons. The van der Waals surface area contributed by atoms with Crippen LogP contribution in [-0.4, -0.2) is 11.3 Å². The zero-order valence-electron chi connectivity index (χ0n) is 7.43. The van der Waals surface area contributed by atoms with Gasteiger partial charge in [0.1, 0.15) is 5.69 Å². The molecule has 2 nitrogen and oxygen atoms in total. The van der Waals surface area contributed by atoms with Gasteiger partial charge in [0.2, 0.25) is 0 Å². The molecule has 0 amide bonds. The first kappa shape index (κ1) is 11.0. The molecule has 0 saturated carbocycles. The van der Waals surface area contributed by atoms with Gasteiger partial charge in [-0.25, -0.2) is 13.8 Å². The van der Waals surface area contributed by atoms with Crippen molar-refractivity contribution in [2.24, 2.45) is 0 Å². The highest BCUT2D eigenvalue weighted by Crippen LogP contribution is 2.26. The number of carbonyl (C=O) groups is 1. The van der Waals surface area contributed by atoms with Gasteiger partial charge in [-0.2, -0.15) is 0 Å². The first-order valence-electron chi connectivity index (χ1n) is 3.89. The molecule has 0 unspecified atom stereocenters. The summed E-state index contributed by atoms with van der Waals surface area (Å²) in [6.45, 7) is 1.55. The van der Waals surface area contributed by atoms with Crippen molar-refractivity contribution >= 4 is 17.9 Å². The van der Waals surface area contributed by atoms with E-state index in [4.69, 9.17) is 11.6 Å². The monoisotopic (exact) mass is 219 g/mol. The largest absolute Gasteiger partial charge is 0.296 e. The van der Waals surface area contributed by atoms with E-state index in [1.807, 2.05) is 0 Å². The fourth-order valence-corrected chi connectivity index (χ4v) is 1.53. The summed E-state index contributed by atoms with van der Waals surface area (Å²) in [6.07, 6.45) is -2.19. The second-order valence-electron chi connectivity index (χ2n) is 2.75. The van der Waals surface area contributed by atoms with Crippen LogP contribution in [0.25, 0.3) is 0 Å². The Morgan fingerprint density at radius 1 is 1.64 bits per heavy atom. The quantitative estimate of drug-likeness (QED) is 0.578. The maximum absolute atomic E-state index is 12.5. The van der Waals surface area contributed by atoms with Crippen molar-refractivity contribution in [3.63, 3.8) is 0 Å². The molecule has 5 heteroatoms. The molecule has 0 aromatic carbocycles. The van der Waals surface area contributed by atoms with Crippen LogP contribution in [0.3, 0.4) is 0 Å². The topological polar surface area (TPSA) is 30.0 Å². The molecule has 1 heterocycles. The number of alkyl halides is 3. The Labute approximate surface area is 84.9 Å². The van der Waals surface area contributed by atoms with Gasteiger partial charge in [-0.15, -0.1) is 11.6 Å². The number of carbonyl (C=O) groups excluding carboxylic acids is 1. The normalized spacial score (nSPS) is 10.6. The minimum Gasteiger partial charge on any atom is -0.296 e. The van der Waals surface area contributed by atoms with E-state index in [1.165, 1.54) is 0 Å². The molecular weight excluding hydrogens is 212 g/mol. The lowest BCUT2D eigenvalue weighted by Gasteiger charge is -2.09. The average Bonchev–Trinajstić information content (AvgIpc) is 2.16. The summed E-state index contributed by atoms with van der Waals surface area (Å²) in [4.78, 5) is 14.2. The Morgan fingerprint density at radius 2 is 2.29 bits per heavy atom. The van der Waals surface area contributed by atoms with Crippen LogP contribution in [0.1, 0.15) is 33.7 Å². The van der Waals surface area contributed by atoms with Crippen molar-refractivity contribution < 1.29 is 13.6 Å². The van der Waals surface area contributed by atoms with Crippen LogP contribution in [0.2, 0.25) is 0 Å². The van der Waals surface area contributed by atoms with Crippen LogP contribution in [-0.2, 0) is 5.88 Å². The van der Waals surface area contributed by atoms with Gasteiger partial charge >= 0.3 is 0 Å². The summed E-state index contributed by atoms with van der Waals surface area (Å²) in [6, 6.07) is 1.07. The maximum Gasteiger partial charge on any atom is 0.264 e. The van der Waals surface area contributed by atoms with Crippen LogP contribution < -0.4 is 0 Å². The van der Waals surface area contributed by atoms with E-state index < -0.39 is 6.43 Å². The third kappa shape index (κ3) is 2.07. The third-order valence-electron chi connectivity index (χ3n) is 1.87. The van der Waals surface area contributed by atoms with Gasteiger partial charge in [-0.3, -0.25) is 4.79 Å². The molecule has 0 fully saturated rings. The number of halogens is 3. The number of aromatic nitrogens is 1. The van der Waals surface area contributed by atoms with Crippen molar-refractivity contribution in [1.82, 2.24) is 4.98 Å². The number of nitrogens with zero attached hydrogens (tertiary/aromatic N) is 1. The van der Waals surface area contributed by atoms with E-state index in [0.29, 0.717) is 17.5 Å². The predicted molar refractivity (Wildman–Crippen MR) is 48.9 cm³/mol. The highest BCUT2D eigenvalue weighted by molar-refractivity contribution is 6.17. The van der Waals surface area contributed by atoms with Gasteiger partial charge in [0.05, 0.1) is 0 Å². The summed E-state index contributed by atoms with van der Waals surface area (Å²) in [7, 11) is 0. The van der Waals surface area contributed by atoms with Gasteiger partial charge in [0.25, 0.3) is 6.43 Å². The summed E-state index contributed by atoms with van der Waals surface area (Å²) < 4.78 is 25.0.